The highest BCUT2D eigenvalue weighted by atomic mass is 35.5. The highest BCUT2D eigenvalue weighted by molar-refractivity contribution is 6.30. The summed E-state index contributed by atoms with van der Waals surface area (Å²) < 4.78 is 0. The van der Waals surface area contributed by atoms with Crippen LogP contribution in [-0.2, 0) is 4.79 Å². The minimum atomic E-state index is -0.00150. The number of rotatable bonds is 5. The number of likely N-dealkylation sites (tertiary alicyclic amines) is 1. The van der Waals surface area contributed by atoms with Crippen LogP contribution < -0.4 is 5.73 Å². The summed E-state index contributed by atoms with van der Waals surface area (Å²) in [7, 11) is 0. The molecular weight excluding hydrogens is 383 g/mol. The number of carbonyl (C=O) groups excluding carboxylic acids is 2. The molecule has 1 saturated heterocycles. The van der Waals surface area contributed by atoms with Gasteiger partial charge in [-0.05, 0) is 61.9 Å². The van der Waals surface area contributed by atoms with E-state index in [1.54, 1.807) is 24.3 Å². The van der Waals surface area contributed by atoms with Crippen molar-refractivity contribution in [2.45, 2.75) is 51.4 Å². The van der Waals surface area contributed by atoms with Crippen LogP contribution in [-0.4, -0.2) is 36.2 Å². The fourth-order valence-electron chi connectivity index (χ4n) is 4.43. The predicted octanol–water partition coefficient (Wildman–Crippen LogP) is 4.48. The maximum atomic E-state index is 12.8. The molecule has 0 atom stereocenters. The smallest absolute Gasteiger partial charge is 0.223 e. The Morgan fingerprint density at radius 2 is 1.67 bits per heavy atom. The Balaban J connectivity index is 0.00000261. The van der Waals surface area contributed by atoms with Crippen molar-refractivity contribution >= 4 is 35.7 Å². The third-order valence-electron chi connectivity index (χ3n) is 6.22. The molecule has 27 heavy (non-hydrogen) atoms. The monoisotopic (exact) mass is 412 g/mol. The number of hydrogen-bond donors (Lipinski definition) is 1. The molecule has 1 aliphatic heterocycles. The van der Waals surface area contributed by atoms with Gasteiger partial charge in [-0.25, -0.2) is 0 Å². The van der Waals surface area contributed by atoms with Crippen molar-refractivity contribution < 1.29 is 9.59 Å². The molecule has 1 saturated carbocycles. The molecule has 0 bridgehead atoms. The standard InChI is InChI=1S/C21H29ClN2O2.ClH/c22-18-6-4-16(5-7-18)20(26)17-8-12-24(13-9-17)19(25)14-21(15-23)10-2-1-3-11-21;/h4-7,17H,1-3,8-15,23H2;1H. The van der Waals surface area contributed by atoms with Gasteiger partial charge in [0.15, 0.2) is 5.78 Å². The zero-order valence-electron chi connectivity index (χ0n) is 15.8. The molecule has 0 radical (unpaired) electrons. The first kappa shape index (κ1) is 22.2. The summed E-state index contributed by atoms with van der Waals surface area (Å²) in [5.74, 6) is 0.382. The first-order valence-corrected chi connectivity index (χ1v) is 10.2. The molecule has 1 amide bonds. The lowest BCUT2D eigenvalue weighted by Gasteiger charge is -2.39. The highest BCUT2D eigenvalue weighted by Gasteiger charge is 2.36. The van der Waals surface area contributed by atoms with E-state index in [4.69, 9.17) is 17.3 Å². The van der Waals surface area contributed by atoms with E-state index < -0.39 is 0 Å². The Bertz CT molecular complexity index is 634. The third-order valence-corrected chi connectivity index (χ3v) is 6.47. The van der Waals surface area contributed by atoms with Crippen molar-refractivity contribution in [3.8, 4) is 0 Å². The number of nitrogens with two attached hydrogens (primary N) is 1. The van der Waals surface area contributed by atoms with Crippen LogP contribution in [0.2, 0.25) is 5.02 Å². The third kappa shape index (κ3) is 5.46. The van der Waals surface area contributed by atoms with Gasteiger partial charge < -0.3 is 10.6 Å². The fraction of sp³-hybridized carbons (Fsp3) is 0.619. The van der Waals surface area contributed by atoms with Crippen LogP contribution in [0.3, 0.4) is 0 Å². The number of carbonyl (C=O) groups is 2. The largest absolute Gasteiger partial charge is 0.343 e. The van der Waals surface area contributed by atoms with Crippen molar-refractivity contribution in [1.82, 2.24) is 4.90 Å². The zero-order valence-corrected chi connectivity index (χ0v) is 17.4. The molecular formula is C21H30Cl2N2O2. The second kappa shape index (κ2) is 9.90. The van der Waals surface area contributed by atoms with E-state index in [0.717, 1.165) is 25.7 Å². The van der Waals surface area contributed by atoms with Gasteiger partial charge in [0.25, 0.3) is 0 Å². The summed E-state index contributed by atoms with van der Waals surface area (Å²) >= 11 is 5.89. The minimum absolute atomic E-state index is 0. The van der Waals surface area contributed by atoms with Gasteiger partial charge in [-0.2, -0.15) is 0 Å². The van der Waals surface area contributed by atoms with Gasteiger partial charge in [-0.15, -0.1) is 12.4 Å². The number of amides is 1. The van der Waals surface area contributed by atoms with Crippen LogP contribution in [0.1, 0.15) is 61.7 Å². The average Bonchev–Trinajstić information content (AvgIpc) is 2.69. The number of halogens is 2. The van der Waals surface area contributed by atoms with Crippen LogP contribution in [0, 0.1) is 11.3 Å². The van der Waals surface area contributed by atoms with Crippen LogP contribution in [0.4, 0.5) is 0 Å². The summed E-state index contributed by atoms with van der Waals surface area (Å²) in [6.45, 7) is 1.94. The summed E-state index contributed by atoms with van der Waals surface area (Å²) in [6.07, 6.45) is 7.81. The summed E-state index contributed by atoms with van der Waals surface area (Å²) in [5.41, 5.74) is 6.74. The Morgan fingerprint density at radius 3 is 2.22 bits per heavy atom. The van der Waals surface area contributed by atoms with Gasteiger partial charge in [0.1, 0.15) is 0 Å². The topological polar surface area (TPSA) is 63.4 Å². The number of nitrogens with zero attached hydrogens (tertiary/aromatic N) is 1. The molecule has 0 aromatic heterocycles. The van der Waals surface area contributed by atoms with Crippen molar-refractivity contribution in [3.63, 3.8) is 0 Å². The number of hydrogen-bond acceptors (Lipinski definition) is 3. The minimum Gasteiger partial charge on any atom is -0.343 e. The molecule has 2 aliphatic rings. The fourth-order valence-corrected chi connectivity index (χ4v) is 4.55. The molecule has 1 aliphatic carbocycles. The van der Waals surface area contributed by atoms with Crippen LogP contribution >= 0.6 is 24.0 Å². The van der Waals surface area contributed by atoms with Crippen molar-refractivity contribution in [1.29, 1.82) is 0 Å². The van der Waals surface area contributed by atoms with Gasteiger partial charge in [0.2, 0.25) is 5.91 Å². The lowest BCUT2D eigenvalue weighted by atomic mass is 9.71. The van der Waals surface area contributed by atoms with Crippen molar-refractivity contribution in [3.05, 3.63) is 34.9 Å². The second-order valence-electron chi connectivity index (χ2n) is 7.97. The van der Waals surface area contributed by atoms with Gasteiger partial charge in [-0.3, -0.25) is 9.59 Å². The lowest BCUT2D eigenvalue weighted by molar-refractivity contribution is -0.135. The van der Waals surface area contributed by atoms with Gasteiger partial charge in [0, 0.05) is 36.0 Å². The molecule has 0 unspecified atom stereocenters. The van der Waals surface area contributed by atoms with E-state index in [0.29, 0.717) is 36.6 Å². The van der Waals surface area contributed by atoms with Crippen molar-refractivity contribution in [2.75, 3.05) is 19.6 Å². The van der Waals surface area contributed by atoms with Gasteiger partial charge in [0.05, 0.1) is 0 Å². The lowest BCUT2D eigenvalue weighted by Crippen LogP contribution is -2.44. The van der Waals surface area contributed by atoms with Crippen LogP contribution in [0.5, 0.6) is 0 Å². The van der Waals surface area contributed by atoms with Crippen molar-refractivity contribution in [2.24, 2.45) is 17.1 Å². The molecule has 1 aromatic rings. The molecule has 0 spiro atoms. The summed E-state index contributed by atoms with van der Waals surface area (Å²) in [4.78, 5) is 27.4. The Kier molecular flexibility index (Phi) is 8.14. The van der Waals surface area contributed by atoms with E-state index in [1.807, 2.05) is 4.90 Å². The van der Waals surface area contributed by atoms with E-state index in [1.165, 1.54) is 19.3 Å². The first-order chi connectivity index (χ1) is 12.5. The van der Waals surface area contributed by atoms with Gasteiger partial charge in [-0.1, -0.05) is 30.9 Å². The predicted molar refractivity (Wildman–Crippen MR) is 112 cm³/mol. The second-order valence-corrected chi connectivity index (χ2v) is 8.40. The maximum absolute atomic E-state index is 12.8. The van der Waals surface area contributed by atoms with Crippen LogP contribution in [0.15, 0.2) is 24.3 Å². The number of Topliss-reactive ketones (excluding diaryl/α,β-unsaturated/α-hetero) is 1. The summed E-state index contributed by atoms with van der Waals surface area (Å²) in [5, 5.41) is 0.638. The molecule has 6 heteroatoms. The van der Waals surface area contributed by atoms with Gasteiger partial charge >= 0.3 is 0 Å². The Labute approximate surface area is 173 Å². The molecule has 1 aromatic carbocycles. The molecule has 1 heterocycles. The first-order valence-electron chi connectivity index (χ1n) is 9.81. The quantitative estimate of drug-likeness (QED) is 0.724. The average molecular weight is 413 g/mol. The van der Waals surface area contributed by atoms with E-state index in [9.17, 15) is 9.59 Å². The normalized spacial score (nSPS) is 20.0. The number of benzene rings is 1. The molecule has 2 fully saturated rings. The SMILES string of the molecule is Cl.NCC1(CC(=O)N2CCC(C(=O)c3ccc(Cl)cc3)CC2)CCCCC1. The van der Waals surface area contributed by atoms with E-state index >= 15 is 0 Å². The maximum Gasteiger partial charge on any atom is 0.223 e. The van der Waals surface area contributed by atoms with Crippen LogP contribution in [0.25, 0.3) is 0 Å². The molecule has 150 valence electrons. The Hall–Kier alpha value is -1.10. The highest BCUT2D eigenvalue weighted by Crippen LogP contribution is 2.39. The molecule has 3 rings (SSSR count). The number of ketones is 1. The Morgan fingerprint density at radius 1 is 1.07 bits per heavy atom. The van der Waals surface area contributed by atoms with E-state index in [-0.39, 0.29) is 35.4 Å². The molecule has 4 nitrogen and oxygen atoms in total. The van der Waals surface area contributed by atoms with E-state index in [2.05, 4.69) is 0 Å². The molecule has 2 N–H and O–H groups in total. The summed E-state index contributed by atoms with van der Waals surface area (Å²) in [6, 6.07) is 7.08. The zero-order chi connectivity index (χ0) is 18.6. The number of piperidine rings is 1.